The van der Waals surface area contributed by atoms with E-state index in [-0.39, 0.29) is 5.56 Å². The SMILES string of the molecule is C=C(CCl)Cn1cccc(C)c1=O. The van der Waals surface area contributed by atoms with E-state index in [1.807, 2.05) is 6.07 Å². The molecule has 0 unspecified atom stereocenters. The quantitative estimate of drug-likeness (QED) is 0.536. The molecule has 1 aromatic heterocycles. The summed E-state index contributed by atoms with van der Waals surface area (Å²) >= 11 is 5.58. The Morgan fingerprint density at radius 1 is 1.69 bits per heavy atom. The van der Waals surface area contributed by atoms with E-state index in [0.29, 0.717) is 12.4 Å². The summed E-state index contributed by atoms with van der Waals surface area (Å²) in [5.41, 5.74) is 1.60. The van der Waals surface area contributed by atoms with Gasteiger partial charge >= 0.3 is 0 Å². The van der Waals surface area contributed by atoms with Crippen molar-refractivity contribution in [1.29, 1.82) is 0 Å². The molecule has 2 nitrogen and oxygen atoms in total. The third-order valence-corrected chi connectivity index (χ3v) is 2.17. The monoisotopic (exact) mass is 197 g/mol. The summed E-state index contributed by atoms with van der Waals surface area (Å²) in [6.45, 7) is 6.05. The maximum atomic E-state index is 11.5. The zero-order chi connectivity index (χ0) is 9.84. The molecule has 0 aliphatic heterocycles. The minimum Gasteiger partial charge on any atom is -0.311 e. The Bertz CT molecular complexity index is 367. The molecule has 3 heteroatoms. The minimum absolute atomic E-state index is 0.0220. The molecule has 0 atom stereocenters. The van der Waals surface area contributed by atoms with Gasteiger partial charge in [0, 0.05) is 24.2 Å². The van der Waals surface area contributed by atoms with Crippen LogP contribution in [0.3, 0.4) is 0 Å². The Balaban J connectivity index is 2.96. The number of nitrogens with zero attached hydrogens (tertiary/aromatic N) is 1. The number of aromatic nitrogens is 1. The summed E-state index contributed by atoms with van der Waals surface area (Å²) < 4.78 is 1.61. The molecule has 0 N–H and O–H groups in total. The zero-order valence-corrected chi connectivity index (χ0v) is 8.34. The van der Waals surface area contributed by atoms with Crippen LogP contribution < -0.4 is 5.56 Å². The van der Waals surface area contributed by atoms with E-state index in [4.69, 9.17) is 11.6 Å². The highest BCUT2D eigenvalue weighted by Crippen LogP contribution is 1.98. The van der Waals surface area contributed by atoms with Crippen LogP contribution in [0.1, 0.15) is 5.56 Å². The second-order valence-electron chi connectivity index (χ2n) is 3.01. The van der Waals surface area contributed by atoms with Crippen LogP contribution >= 0.6 is 11.6 Å². The van der Waals surface area contributed by atoms with Gasteiger partial charge in [-0.2, -0.15) is 0 Å². The van der Waals surface area contributed by atoms with Gasteiger partial charge in [-0.05, 0) is 18.6 Å². The van der Waals surface area contributed by atoms with Gasteiger partial charge in [-0.25, -0.2) is 0 Å². The molecule has 0 aromatic carbocycles. The summed E-state index contributed by atoms with van der Waals surface area (Å²) in [6.07, 6.45) is 1.74. The van der Waals surface area contributed by atoms with E-state index in [9.17, 15) is 4.79 Å². The van der Waals surface area contributed by atoms with Crippen molar-refractivity contribution in [2.24, 2.45) is 0 Å². The van der Waals surface area contributed by atoms with Gasteiger partial charge in [0.2, 0.25) is 0 Å². The summed E-state index contributed by atoms with van der Waals surface area (Å²) in [4.78, 5) is 11.5. The molecule has 1 rings (SSSR count). The van der Waals surface area contributed by atoms with Crippen LogP contribution in [0.25, 0.3) is 0 Å². The lowest BCUT2D eigenvalue weighted by molar-refractivity contribution is 0.743. The highest BCUT2D eigenvalue weighted by molar-refractivity contribution is 6.19. The fourth-order valence-corrected chi connectivity index (χ4v) is 1.15. The maximum Gasteiger partial charge on any atom is 0.253 e. The molecule has 0 fully saturated rings. The lowest BCUT2D eigenvalue weighted by Gasteiger charge is -2.06. The maximum absolute atomic E-state index is 11.5. The third kappa shape index (κ3) is 2.46. The number of halogens is 1. The minimum atomic E-state index is 0.0220. The van der Waals surface area contributed by atoms with Crippen molar-refractivity contribution in [3.63, 3.8) is 0 Å². The summed E-state index contributed by atoms with van der Waals surface area (Å²) in [5, 5.41) is 0. The molecule has 0 radical (unpaired) electrons. The van der Waals surface area contributed by atoms with E-state index < -0.39 is 0 Å². The first-order valence-corrected chi connectivity index (χ1v) is 4.57. The molecule has 0 spiro atoms. The van der Waals surface area contributed by atoms with Crippen molar-refractivity contribution in [1.82, 2.24) is 4.57 Å². The topological polar surface area (TPSA) is 22.0 Å². The lowest BCUT2D eigenvalue weighted by Crippen LogP contribution is -2.22. The molecule has 0 aliphatic rings. The Morgan fingerprint density at radius 2 is 2.38 bits per heavy atom. The fourth-order valence-electron chi connectivity index (χ4n) is 1.06. The van der Waals surface area contributed by atoms with Crippen molar-refractivity contribution >= 4 is 11.6 Å². The molecule has 70 valence electrons. The van der Waals surface area contributed by atoms with E-state index in [0.717, 1.165) is 11.1 Å². The molecule has 0 bridgehead atoms. The number of hydrogen-bond acceptors (Lipinski definition) is 1. The molecular formula is C10H12ClNO. The number of hydrogen-bond donors (Lipinski definition) is 0. The van der Waals surface area contributed by atoms with Gasteiger partial charge in [-0.3, -0.25) is 4.79 Å². The highest BCUT2D eigenvalue weighted by atomic mass is 35.5. The average Bonchev–Trinajstić information content (AvgIpc) is 2.13. The summed E-state index contributed by atoms with van der Waals surface area (Å²) in [6, 6.07) is 3.64. The van der Waals surface area contributed by atoms with Gasteiger partial charge in [0.05, 0.1) is 0 Å². The van der Waals surface area contributed by atoms with Gasteiger partial charge < -0.3 is 4.57 Å². The van der Waals surface area contributed by atoms with Crippen LogP contribution in [0.15, 0.2) is 35.3 Å². The second kappa shape index (κ2) is 4.28. The Hall–Kier alpha value is -1.02. The van der Waals surface area contributed by atoms with Crippen LogP contribution in [0, 0.1) is 6.92 Å². The van der Waals surface area contributed by atoms with Crippen molar-refractivity contribution in [3.8, 4) is 0 Å². The second-order valence-corrected chi connectivity index (χ2v) is 3.28. The number of aryl methyl sites for hydroxylation is 1. The molecule has 13 heavy (non-hydrogen) atoms. The zero-order valence-electron chi connectivity index (χ0n) is 7.59. The highest BCUT2D eigenvalue weighted by Gasteiger charge is 1.99. The number of rotatable bonds is 3. The summed E-state index contributed by atoms with van der Waals surface area (Å²) in [7, 11) is 0. The molecule has 1 aromatic rings. The first kappa shape index (κ1) is 10.1. The van der Waals surface area contributed by atoms with Crippen molar-refractivity contribution in [3.05, 3.63) is 46.4 Å². The molecule has 0 amide bonds. The van der Waals surface area contributed by atoms with Gasteiger partial charge in [-0.1, -0.05) is 12.6 Å². The number of allylic oxidation sites excluding steroid dienone is 1. The normalized spacial score (nSPS) is 10.0. The first-order chi connectivity index (χ1) is 6.15. The lowest BCUT2D eigenvalue weighted by atomic mass is 10.3. The van der Waals surface area contributed by atoms with Crippen LogP contribution in [0.2, 0.25) is 0 Å². The van der Waals surface area contributed by atoms with Gasteiger partial charge in [-0.15, -0.1) is 11.6 Å². The molecule has 0 saturated heterocycles. The number of pyridine rings is 1. The standard InChI is InChI=1S/C10H12ClNO/c1-8(6-11)7-12-5-3-4-9(2)10(12)13/h3-5H,1,6-7H2,2H3. The molecule has 1 heterocycles. The Labute approximate surface area is 82.5 Å². The Morgan fingerprint density at radius 3 is 3.00 bits per heavy atom. The van der Waals surface area contributed by atoms with E-state index >= 15 is 0 Å². The van der Waals surface area contributed by atoms with Crippen molar-refractivity contribution in [2.45, 2.75) is 13.5 Å². The average molecular weight is 198 g/mol. The molecule has 0 saturated carbocycles. The van der Waals surface area contributed by atoms with E-state index in [2.05, 4.69) is 6.58 Å². The smallest absolute Gasteiger partial charge is 0.253 e. The Kier molecular flexibility index (Phi) is 3.32. The third-order valence-electron chi connectivity index (χ3n) is 1.79. The first-order valence-electron chi connectivity index (χ1n) is 4.04. The van der Waals surface area contributed by atoms with E-state index in [1.54, 1.807) is 23.8 Å². The predicted molar refractivity (Wildman–Crippen MR) is 55.3 cm³/mol. The van der Waals surface area contributed by atoms with E-state index in [1.165, 1.54) is 0 Å². The van der Waals surface area contributed by atoms with Crippen LogP contribution in [-0.4, -0.2) is 10.4 Å². The largest absolute Gasteiger partial charge is 0.311 e. The van der Waals surface area contributed by atoms with Crippen molar-refractivity contribution < 1.29 is 0 Å². The fraction of sp³-hybridized carbons (Fsp3) is 0.300. The van der Waals surface area contributed by atoms with Gasteiger partial charge in [0.25, 0.3) is 5.56 Å². The predicted octanol–water partition coefficient (Wildman–Crippen LogP) is 1.95. The van der Waals surface area contributed by atoms with Crippen LogP contribution in [0.5, 0.6) is 0 Å². The van der Waals surface area contributed by atoms with Crippen molar-refractivity contribution in [2.75, 3.05) is 5.88 Å². The number of alkyl halides is 1. The summed E-state index contributed by atoms with van der Waals surface area (Å²) in [5.74, 6) is 0.389. The van der Waals surface area contributed by atoms with Crippen LogP contribution in [-0.2, 0) is 6.54 Å². The van der Waals surface area contributed by atoms with Crippen LogP contribution in [0.4, 0.5) is 0 Å². The molecule has 0 aliphatic carbocycles. The van der Waals surface area contributed by atoms with Gasteiger partial charge in [0.1, 0.15) is 0 Å². The molecular weight excluding hydrogens is 186 g/mol. The van der Waals surface area contributed by atoms with Gasteiger partial charge in [0.15, 0.2) is 0 Å².